The van der Waals surface area contributed by atoms with Crippen molar-refractivity contribution in [2.45, 2.75) is 40.0 Å². The first-order valence-electron chi connectivity index (χ1n) is 5.70. The molecule has 0 saturated heterocycles. The first kappa shape index (κ1) is 12.8. The van der Waals surface area contributed by atoms with Gasteiger partial charge in [0.25, 0.3) is 0 Å². The Morgan fingerprint density at radius 2 is 2.06 bits per heavy atom. The van der Waals surface area contributed by atoms with Crippen molar-refractivity contribution in [2.24, 2.45) is 0 Å². The predicted octanol–water partition coefficient (Wildman–Crippen LogP) is 3.72. The third-order valence-corrected chi connectivity index (χ3v) is 2.99. The maximum atomic E-state index is 11.6. The van der Waals surface area contributed by atoms with Crippen LogP contribution in [-0.4, -0.2) is 12.9 Å². The number of aryl methyl sites for hydroxylation is 1. The number of methoxy groups -OCH3 is 1. The standard InChI is InChI=1S/C14H20O2/c1-6-10(3)12-7-9(2)8-13(11(4)15)14(12)16-5/h7-8,10H,6H2,1-5H3. The Morgan fingerprint density at radius 1 is 1.44 bits per heavy atom. The normalized spacial score (nSPS) is 12.3. The number of ketones is 1. The molecule has 0 saturated carbocycles. The third kappa shape index (κ3) is 2.43. The molecule has 0 aliphatic heterocycles. The highest BCUT2D eigenvalue weighted by molar-refractivity contribution is 5.97. The Hall–Kier alpha value is -1.31. The summed E-state index contributed by atoms with van der Waals surface area (Å²) in [7, 11) is 1.63. The van der Waals surface area contributed by atoms with E-state index in [-0.39, 0.29) is 5.78 Å². The summed E-state index contributed by atoms with van der Waals surface area (Å²) < 4.78 is 5.39. The summed E-state index contributed by atoms with van der Waals surface area (Å²) in [6, 6.07) is 4.01. The number of rotatable bonds is 4. The van der Waals surface area contributed by atoms with Gasteiger partial charge in [-0.25, -0.2) is 0 Å². The molecule has 1 aromatic carbocycles. The highest BCUT2D eigenvalue weighted by Crippen LogP contribution is 2.33. The molecular weight excluding hydrogens is 200 g/mol. The lowest BCUT2D eigenvalue weighted by Gasteiger charge is -2.17. The SMILES string of the molecule is CCC(C)c1cc(C)cc(C(C)=O)c1OC. The van der Waals surface area contributed by atoms with Gasteiger partial charge in [-0.05, 0) is 43.4 Å². The van der Waals surface area contributed by atoms with Crippen LogP contribution in [0.1, 0.15) is 54.6 Å². The number of hydrogen-bond acceptors (Lipinski definition) is 2. The van der Waals surface area contributed by atoms with Gasteiger partial charge < -0.3 is 4.74 Å². The first-order chi connectivity index (χ1) is 7.51. The van der Waals surface area contributed by atoms with Gasteiger partial charge in [0.1, 0.15) is 5.75 Å². The largest absolute Gasteiger partial charge is 0.496 e. The van der Waals surface area contributed by atoms with Crippen molar-refractivity contribution in [2.75, 3.05) is 7.11 Å². The third-order valence-electron chi connectivity index (χ3n) is 2.99. The summed E-state index contributed by atoms with van der Waals surface area (Å²) in [5, 5.41) is 0. The van der Waals surface area contributed by atoms with E-state index < -0.39 is 0 Å². The van der Waals surface area contributed by atoms with Crippen LogP contribution in [0.4, 0.5) is 0 Å². The second kappa shape index (κ2) is 5.15. The highest BCUT2D eigenvalue weighted by Gasteiger charge is 2.17. The molecule has 0 fully saturated rings. The van der Waals surface area contributed by atoms with Crippen LogP contribution in [0.3, 0.4) is 0 Å². The lowest BCUT2D eigenvalue weighted by Crippen LogP contribution is -2.04. The van der Waals surface area contributed by atoms with Gasteiger partial charge in [0, 0.05) is 0 Å². The average molecular weight is 220 g/mol. The molecule has 0 radical (unpaired) electrons. The number of ether oxygens (including phenoxy) is 1. The number of carbonyl (C=O) groups excluding carboxylic acids is 1. The fourth-order valence-corrected chi connectivity index (χ4v) is 1.88. The summed E-state index contributed by atoms with van der Waals surface area (Å²) in [5.74, 6) is 1.21. The van der Waals surface area contributed by atoms with E-state index in [9.17, 15) is 4.79 Å². The van der Waals surface area contributed by atoms with Crippen molar-refractivity contribution in [1.82, 2.24) is 0 Å². The number of benzene rings is 1. The number of hydrogen-bond donors (Lipinski definition) is 0. The minimum absolute atomic E-state index is 0.0603. The fourth-order valence-electron chi connectivity index (χ4n) is 1.88. The Kier molecular flexibility index (Phi) is 4.11. The Bertz CT molecular complexity index is 394. The van der Waals surface area contributed by atoms with E-state index in [0.29, 0.717) is 11.5 Å². The molecule has 88 valence electrons. The van der Waals surface area contributed by atoms with Gasteiger partial charge in [-0.15, -0.1) is 0 Å². The monoisotopic (exact) mass is 220 g/mol. The molecule has 0 heterocycles. The van der Waals surface area contributed by atoms with E-state index >= 15 is 0 Å². The summed E-state index contributed by atoms with van der Waals surface area (Å²) in [6.45, 7) is 7.89. The van der Waals surface area contributed by atoms with Crippen LogP contribution in [0, 0.1) is 6.92 Å². The van der Waals surface area contributed by atoms with Crippen LogP contribution in [-0.2, 0) is 0 Å². The Labute approximate surface area is 97.6 Å². The predicted molar refractivity (Wildman–Crippen MR) is 66.4 cm³/mol. The Balaban J connectivity index is 3.41. The fraction of sp³-hybridized carbons (Fsp3) is 0.500. The maximum Gasteiger partial charge on any atom is 0.163 e. The topological polar surface area (TPSA) is 26.3 Å². The summed E-state index contributed by atoms with van der Waals surface area (Å²) >= 11 is 0. The molecular formula is C14H20O2. The average Bonchev–Trinajstić information content (AvgIpc) is 2.26. The van der Waals surface area contributed by atoms with Crippen LogP contribution in [0.2, 0.25) is 0 Å². The highest BCUT2D eigenvalue weighted by atomic mass is 16.5. The molecule has 1 rings (SSSR count). The van der Waals surface area contributed by atoms with Crippen molar-refractivity contribution in [3.05, 3.63) is 28.8 Å². The van der Waals surface area contributed by atoms with Crippen LogP contribution >= 0.6 is 0 Å². The maximum absolute atomic E-state index is 11.6. The molecule has 1 atom stereocenters. The van der Waals surface area contributed by atoms with Crippen LogP contribution in [0.25, 0.3) is 0 Å². The van der Waals surface area contributed by atoms with Crippen LogP contribution in [0.5, 0.6) is 5.75 Å². The van der Waals surface area contributed by atoms with E-state index in [1.807, 2.05) is 13.0 Å². The van der Waals surface area contributed by atoms with Crippen molar-refractivity contribution in [3.8, 4) is 5.75 Å². The van der Waals surface area contributed by atoms with E-state index in [1.54, 1.807) is 14.0 Å². The molecule has 0 amide bonds. The summed E-state index contributed by atoms with van der Waals surface area (Å²) in [4.78, 5) is 11.6. The first-order valence-corrected chi connectivity index (χ1v) is 5.70. The molecule has 0 bridgehead atoms. The molecule has 0 aliphatic carbocycles. The van der Waals surface area contributed by atoms with Gasteiger partial charge in [0.2, 0.25) is 0 Å². The zero-order chi connectivity index (χ0) is 12.3. The summed E-state index contributed by atoms with van der Waals surface area (Å²) in [6.07, 6.45) is 1.04. The van der Waals surface area contributed by atoms with Crippen molar-refractivity contribution in [3.63, 3.8) is 0 Å². The Morgan fingerprint density at radius 3 is 2.50 bits per heavy atom. The van der Waals surface area contributed by atoms with Gasteiger partial charge in [-0.1, -0.05) is 19.9 Å². The van der Waals surface area contributed by atoms with Gasteiger partial charge in [-0.3, -0.25) is 4.79 Å². The number of carbonyl (C=O) groups is 1. The molecule has 16 heavy (non-hydrogen) atoms. The van der Waals surface area contributed by atoms with Crippen molar-refractivity contribution in [1.29, 1.82) is 0 Å². The van der Waals surface area contributed by atoms with Crippen molar-refractivity contribution >= 4 is 5.78 Å². The minimum Gasteiger partial charge on any atom is -0.496 e. The van der Waals surface area contributed by atoms with Crippen LogP contribution < -0.4 is 4.74 Å². The molecule has 1 unspecified atom stereocenters. The lowest BCUT2D eigenvalue weighted by atomic mass is 9.92. The second-order valence-electron chi connectivity index (χ2n) is 4.30. The minimum atomic E-state index is 0.0603. The molecule has 2 heteroatoms. The zero-order valence-corrected chi connectivity index (χ0v) is 10.8. The molecule has 0 N–H and O–H groups in total. The molecule has 1 aromatic rings. The van der Waals surface area contributed by atoms with Gasteiger partial charge in [0.15, 0.2) is 5.78 Å². The molecule has 2 nitrogen and oxygen atoms in total. The lowest BCUT2D eigenvalue weighted by molar-refractivity contribution is 0.101. The second-order valence-corrected chi connectivity index (χ2v) is 4.30. The number of Topliss-reactive ketones (excluding diaryl/α,β-unsaturated/α-hetero) is 1. The molecule has 0 spiro atoms. The van der Waals surface area contributed by atoms with E-state index in [2.05, 4.69) is 19.9 Å². The molecule has 0 aromatic heterocycles. The van der Waals surface area contributed by atoms with E-state index in [1.165, 1.54) is 0 Å². The van der Waals surface area contributed by atoms with Gasteiger partial charge in [-0.2, -0.15) is 0 Å². The van der Waals surface area contributed by atoms with Crippen LogP contribution in [0.15, 0.2) is 12.1 Å². The van der Waals surface area contributed by atoms with Gasteiger partial charge in [0.05, 0.1) is 12.7 Å². The van der Waals surface area contributed by atoms with Crippen molar-refractivity contribution < 1.29 is 9.53 Å². The smallest absolute Gasteiger partial charge is 0.163 e. The van der Waals surface area contributed by atoms with E-state index in [0.717, 1.165) is 23.3 Å². The zero-order valence-electron chi connectivity index (χ0n) is 10.8. The van der Waals surface area contributed by atoms with E-state index in [4.69, 9.17) is 4.74 Å². The van der Waals surface area contributed by atoms with Gasteiger partial charge >= 0.3 is 0 Å². The summed E-state index contributed by atoms with van der Waals surface area (Å²) in [5.41, 5.74) is 2.94. The molecule has 0 aliphatic rings. The quantitative estimate of drug-likeness (QED) is 0.723.